The fraction of sp³-hybridized carbons (Fsp3) is 0.500. The topological polar surface area (TPSA) is 71.4 Å². The van der Waals surface area contributed by atoms with Crippen LogP contribution in [-0.4, -0.2) is 36.2 Å². The largest absolute Gasteiger partial charge is 0.378 e. The SMILES string of the molecule is O=[N+]([O-])c1ccc(N2CCOCC2)[nH]1. The molecule has 1 saturated heterocycles. The molecule has 0 unspecified atom stereocenters. The monoisotopic (exact) mass is 197 g/mol. The molecule has 0 amide bonds. The van der Waals surface area contributed by atoms with E-state index in [2.05, 4.69) is 4.98 Å². The molecular formula is C8H11N3O3. The number of morpholine rings is 1. The Labute approximate surface area is 80.6 Å². The summed E-state index contributed by atoms with van der Waals surface area (Å²) in [4.78, 5) is 14.8. The van der Waals surface area contributed by atoms with Gasteiger partial charge in [0.1, 0.15) is 0 Å². The highest BCUT2D eigenvalue weighted by atomic mass is 16.6. The predicted molar refractivity (Wildman–Crippen MR) is 50.5 cm³/mol. The van der Waals surface area contributed by atoms with E-state index in [1.165, 1.54) is 6.07 Å². The van der Waals surface area contributed by atoms with Gasteiger partial charge in [0.25, 0.3) is 0 Å². The van der Waals surface area contributed by atoms with E-state index < -0.39 is 4.92 Å². The van der Waals surface area contributed by atoms with Gasteiger partial charge in [0.2, 0.25) is 0 Å². The normalized spacial score (nSPS) is 17.0. The quantitative estimate of drug-likeness (QED) is 0.561. The molecule has 0 saturated carbocycles. The number of nitro groups is 1. The summed E-state index contributed by atoms with van der Waals surface area (Å²) in [5.74, 6) is 0.825. The van der Waals surface area contributed by atoms with Crippen molar-refractivity contribution in [2.24, 2.45) is 0 Å². The Kier molecular flexibility index (Phi) is 2.36. The molecular weight excluding hydrogens is 186 g/mol. The van der Waals surface area contributed by atoms with Crippen LogP contribution in [-0.2, 0) is 4.74 Å². The van der Waals surface area contributed by atoms with Crippen LogP contribution in [0.3, 0.4) is 0 Å². The Bertz CT molecular complexity index is 330. The van der Waals surface area contributed by atoms with Gasteiger partial charge in [0.05, 0.1) is 13.2 Å². The molecule has 0 atom stereocenters. The Morgan fingerprint density at radius 2 is 2.14 bits per heavy atom. The van der Waals surface area contributed by atoms with Crippen molar-refractivity contribution < 1.29 is 9.66 Å². The van der Waals surface area contributed by atoms with Crippen LogP contribution in [0.15, 0.2) is 12.1 Å². The maximum Gasteiger partial charge on any atom is 0.322 e. The third-order valence-corrected chi connectivity index (χ3v) is 2.20. The van der Waals surface area contributed by atoms with E-state index in [4.69, 9.17) is 4.74 Å². The summed E-state index contributed by atoms with van der Waals surface area (Å²) in [7, 11) is 0. The van der Waals surface area contributed by atoms with E-state index in [0.29, 0.717) is 13.2 Å². The lowest BCUT2D eigenvalue weighted by Gasteiger charge is -2.25. The molecule has 6 nitrogen and oxygen atoms in total. The first kappa shape index (κ1) is 9.01. The molecule has 14 heavy (non-hydrogen) atoms. The Morgan fingerprint density at radius 1 is 1.43 bits per heavy atom. The molecule has 1 N–H and O–H groups in total. The highest BCUT2D eigenvalue weighted by Gasteiger charge is 2.16. The van der Waals surface area contributed by atoms with Gasteiger partial charge in [-0.3, -0.25) is 0 Å². The molecule has 0 aliphatic carbocycles. The summed E-state index contributed by atoms with van der Waals surface area (Å²) in [6, 6.07) is 3.20. The van der Waals surface area contributed by atoms with E-state index in [1.807, 2.05) is 4.90 Å². The molecule has 1 aliphatic rings. The van der Waals surface area contributed by atoms with Crippen LogP contribution < -0.4 is 4.90 Å². The maximum atomic E-state index is 10.4. The summed E-state index contributed by atoms with van der Waals surface area (Å²) >= 11 is 0. The Balaban J connectivity index is 2.11. The van der Waals surface area contributed by atoms with Crippen LogP contribution in [0, 0.1) is 10.1 Å². The molecule has 2 heterocycles. The first-order valence-corrected chi connectivity index (χ1v) is 4.43. The van der Waals surface area contributed by atoms with Crippen LogP contribution >= 0.6 is 0 Å². The summed E-state index contributed by atoms with van der Waals surface area (Å²) < 4.78 is 5.19. The number of rotatable bonds is 2. The lowest BCUT2D eigenvalue weighted by molar-refractivity contribution is -0.389. The third kappa shape index (κ3) is 1.69. The van der Waals surface area contributed by atoms with E-state index in [9.17, 15) is 10.1 Å². The molecule has 0 spiro atoms. The van der Waals surface area contributed by atoms with E-state index in [-0.39, 0.29) is 5.82 Å². The number of hydrogen-bond acceptors (Lipinski definition) is 4. The summed E-state index contributed by atoms with van der Waals surface area (Å²) in [5.41, 5.74) is 0. The maximum absolute atomic E-state index is 10.4. The van der Waals surface area contributed by atoms with Gasteiger partial charge in [0, 0.05) is 25.2 Å². The number of anilines is 1. The van der Waals surface area contributed by atoms with Crippen molar-refractivity contribution in [3.05, 3.63) is 22.2 Å². The molecule has 1 aliphatic heterocycles. The number of nitrogens with zero attached hydrogens (tertiary/aromatic N) is 2. The number of nitrogens with one attached hydrogen (secondary N) is 1. The number of H-pyrrole nitrogens is 1. The van der Waals surface area contributed by atoms with Crippen molar-refractivity contribution in [3.63, 3.8) is 0 Å². The molecule has 0 aromatic carbocycles. The molecule has 0 bridgehead atoms. The van der Waals surface area contributed by atoms with E-state index in [1.54, 1.807) is 6.07 Å². The van der Waals surface area contributed by atoms with Gasteiger partial charge in [-0.15, -0.1) is 0 Å². The lowest BCUT2D eigenvalue weighted by atomic mass is 10.4. The van der Waals surface area contributed by atoms with Gasteiger partial charge in [-0.25, -0.2) is 4.98 Å². The molecule has 1 aromatic heterocycles. The van der Waals surface area contributed by atoms with Crippen molar-refractivity contribution in [2.75, 3.05) is 31.2 Å². The summed E-state index contributed by atoms with van der Waals surface area (Å²) in [6.07, 6.45) is 0. The van der Waals surface area contributed by atoms with Crippen molar-refractivity contribution in [2.45, 2.75) is 0 Å². The lowest BCUT2D eigenvalue weighted by Crippen LogP contribution is -2.36. The second-order valence-electron chi connectivity index (χ2n) is 3.09. The van der Waals surface area contributed by atoms with E-state index in [0.717, 1.165) is 18.9 Å². The molecule has 1 aromatic rings. The summed E-state index contributed by atoms with van der Waals surface area (Å²) in [6.45, 7) is 2.90. The molecule has 0 radical (unpaired) electrons. The van der Waals surface area contributed by atoms with Crippen molar-refractivity contribution in [3.8, 4) is 0 Å². The number of ether oxygens (including phenoxy) is 1. The van der Waals surface area contributed by atoms with Gasteiger partial charge in [-0.2, -0.15) is 0 Å². The average Bonchev–Trinajstić information content (AvgIpc) is 2.68. The number of aromatic nitrogens is 1. The van der Waals surface area contributed by atoms with Gasteiger partial charge in [0.15, 0.2) is 5.82 Å². The van der Waals surface area contributed by atoms with Gasteiger partial charge in [-0.05, 0) is 4.92 Å². The highest BCUT2D eigenvalue weighted by Crippen LogP contribution is 2.18. The second-order valence-corrected chi connectivity index (χ2v) is 3.09. The van der Waals surface area contributed by atoms with Gasteiger partial charge < -0.3 is 19.8 Å². The standard InChI is InChI=1S/C8H11N3O3/c12-11(13)8-2-1-7(9-8)10-3-5-14-6-4-10/h1-2,9H,3-6H2. The molecule has 6 heteroatoms. The first-order chi connectivity index (χ1) is 6.77. The predicted octanol–water partition coefficient (Wildman–Crippen LogP) is 0.759. The molecule has 2 rings (SSSR count). The highest BCUT2D eigenvalue weighted by molar-refractivity contribution is 5.45. The van der Waals surface area contributed by atoms with Crippen molar-refractivity contribution in [1.82, 2.24) is 4.98 Å². The van der Waals surface area contributed by atoms with E-state index >= 15 is 0 Å². The minimum absolute atomic E-state index is 0.0338. The van der Waals surface area contributed by atoms with Crippen LogP contribution in [0.2, 0.25) is 0 Å². The average molecular weight is 197 g/mol. The molecule has 76 valence electrons. The third-order valence-electron chi connectivity index (χ3n) is 2.20. The van der Waals surface area contributed by atoms with Crippen LogP contribution in [0.4, 0.5) is 11.6 Å². The summed E-state index contributed by atoms with van der Waals surface area (Å²) in [5, 5.41) is 10.4. The Morgan fingerprint density at radius 3 is 2.71 bits per heavy atom. The first-order valence-electron chi connectivity index (χ1n) is 4.43. The fourth-order valence-electron chi connectivity index (χ4n) is 1.47. The Hall–Kier alpha value is -1.56. The van der Waals surface area contributed by atoms with Gasteiger partial charge in [-0.1, -0.05) is 0 Å². The van der Waals surface area contributed by atoms with Crippen molar-refractivity contribution >= 4 is 11.6 Å². The van der Waals surface area contributed by atoms with Crippen LogP contribution in [0.5, 0.6) is 0 Å². The number of hydrogen-bond donors (Lipinski definition) is 1. The van der Waals surface area contributed by atoms with Gasteiger partial charge >= 0.3 is 5.82 Å². The van der Waals surface area contributed by atoms with Crippen LogP contribution in [0.1, 0.15) is 0 Å². The zero-order chi connectivity index (χ0) is 9.97. The minimum atomic E-state index is -0.427. The number of aromatic amines is 1. The minimum Gasteiger partial charge on any atom is -0.378 e. The second kappa shape index (κ2) is 3.67. The zero-order valence-electron chi connectivity index (χ0n) is 7.60. The fourth-order valence-corrected chi connectivity index (χ4v) is 1.47. The zero-order valence-corrected chi connectivity index (χ0v) is 7.60. The molecule has 1 fully saturated rings. The van der Waals surface area contributed by atoms with Crippen LogP contribution in [0.25, 0.3) is 0 Å². The van der Waals surface area contributed by atoms with Crippen molar-refractivity contribution in [1.29, 1.82) is 0 Å². The smallest absolute Gasteiger partial charge is 0.322 e.